The lowest BCUT2D eigenvalue weighted by molar-refractivity contribution is 0.583. The molecule has 3 heteroatoms. The van der Waals surface area contributed by atoms with Gasteiger partial charge >= 0.3 is 0 Å². The second kappa shape index (κ2) is 4.45. The zero-order chi connectivity index (χ0) is 10.7. The maximum Gasteiger partial charge on any atom is 0.0380 e. The predicted octanol–water partition coefficient (Wildman–Crippen LogP) is 1.64. The van der Waals surface area contributed by atoms with Gasteiger partial charge in [-0.3, -0.25) is 4.98 Å². The normalized spacial score (nSPS) is 21.1. The van der Waals surface area contributed by atoms with E-state index < -0.39 is 0 Å². The molecule has 1 aromatic rings. The van der Waals surface area contributed by atoms with Crippen molar-refractivity contribution in [1.82, 2.24) is 4.98 Å². The van der Waals surface area contributed by atoms with Gasteiger partial charge in [0.15, 0.2) is 0 Å². The van der Waals surface area contributed by atoms with Crippen LogP contribution in [0.1, 0.15) is 24.8 Å². The van der Waals surface area contributed by atoms with E-state index in [0.29, 0.717) is 6.04 Å². The molecule has 0 aromatic carbocycles. The Kier molecular flexibility index (Phi) is 3.02. The summed E-state index contributed by atoms with van der Waals surface area (Å²) in [5, 5.41) is 0. The summed E-state index contributed by atoms with van der Waals surface area (Å²) in [6.45, 7) is 0. The zero-order valence-electron chi connectivity index (χ0n) is 8.82. The molecule has 0 radical (unpaired) electrons. The number of anilines is 1. The minimum Gasteiger partial charge on any atom is -0.398 e. The van der Waals surface area contributed by atoms with Crippen molar-refractivity contribution in [3.63, 3.8) is 0 Å². The smallest absolute Gasteiger partial charge is 0.0380 e. The highest BCUT2D eigenvalue weighted by Crippen LogP contribution is 2.22. The highest BCUT2D eigenvalue weighted by molar-refractivity contribution is 5.46. The molecule has 0 spiro atoms. The van der Waals surface area contributed by atoms with Gasteiger partial charge in [-0.15, -0.1) is 0 Å². The molecule has 15 heavy (non-hydrogen) atoms. The fraction of sp³-hybridized carbons (Fsp3) is 0.417. The molecular weight excluding hydrogens is 186 g/mol. The fourth-order valence-corrected chi connectivity index (χ4v) is 1.90. The van der Waals surface area contributed by atoms with Crippen LogP contribution in [0.2, 0.25) is 0 Å². The van der Waals surface area contributed by atoms with Crippen molar-refractivity contribution in [2.24, 2.45) is 5.73 Å². The summed E-state index contributed by atoms with van der Waals surface area (Å²) >= 11 is 0. The quantitative estimate of drug-likeness (QED) is 0.718. The Hall–Kier alpha value is -1.35. The van der Waals surface area contributed by atoms with Crippen molar-refractivity contribution >= 4 is 5.69 Å². The molecule has 0 fully saturated rings. The predicted molar refractivity (Wildman–Crippen MR) is 62.3 cm³/mol. The number of hydrogen-bond acceptors (Lipinski definition) is 3. The van der Waals surface area contributed by atoms with Crippen LogP contribution in [-0.2, 0) is 6.42 Å². The number of allylic oxidation sites excluding steroid dienone is 1. The standard InChI is InChI=1S/C12H17N3/c13-11-3-1-9(2-4-11)7-10-8-15-6-5-12(10)14/h1,5-6,8,11H,2-4,7,13H2,(H2,14,15). The first kappa shape index (κ1) is 10.2. The monoisotopic (exact) mass is 203 g/mol. The maximum atomic E-state index is 5.87. The fourth-order valence-electron chi connectivity index (χ4n) is 1.90. The van der Waals surface area contributed by atoms with E-state index in [4.69, 9.17) is 11.5 Å². The van der Waals surface area contributed by atoms with Gasteiger partial charge in [0.1, 0.15) is 0 Å². The van der Waals surface area contributed by atoms with Crippen LogP contribution in [0, 0.1) is 0 Å². The molecule has 0 aliphatic heterocycles. The van der Waals surface area contributed by atoms with Crippen molar-refractivity contribution in [3.8, 4) is 0 Å². The Morgan fingerprint density at radius 2 is 2.33 bits per heavy atom. The number of nitrogen functional groups attached to an aromatic ring is 1. The van der Waals surface area contributed by atoms with Gasteiger partial charge in [0.25, 0.3) is 0 Å². The summed E-state index contributed by atoms with van der Waals surface area (Å²) in [4.78, 5) is 4.09. The van der Waals surface area contributed by atoms with Gasteiger partial charge in [0, 0.05) is 24.1 Å². The average Bonchev–Trinajstić information content (AvgIpc) is 2.25. The Labute approximate surface area is 90.2 Å². The van der Waals surface area contributed by atoms with E-state index in [-0.39, 0.29) is 0 Å². The van der Waals surface area contributed by atoms with Crippen molar-refractivity contribution in [3.05, 3.63) is 35.7 Å². The first-order valence-corrected chi connectivity index (χ1v) is 5.37. The molecule has 0 saturated carbocycles. The van der Waals surface area contributed by atoms with E-state index in [9.17, 15) is 0 Å². The van der Waals surface area contributed by atoms with Gasteiger partial charge < -0.3 is 11.5 Å². The maximum absolute atomic E-state index is 5.87. The van der Waals surface area contributed by atoms with E-state index >= 15 is 0 Å². The molecule has 3 nitrogen and oxygen atoms in total. The number of rotatable bonds is 2. The molecular formula is C12H17N3. The van der Waals surface area contributed by atoms with Gasteiger partial charge in [-0.2, -0.15) is 0 Å². The highest BCUT2D eigenvalue weighted by atomic mass is 14.7. The van der Waals surface area contributed by atoms with E-state index in [1.165, 1.54) is 5.57 Å². The van der Waals surface area contributed by atoms with Crippen LogP contribution < -0.4 is 11.5 Å². The summed E-state index contributed by atoms with van der Waals surface area (Å²) in [5.41, 5.74) is 15.1. The van der Waals surface area contributed by atoms with Gasteiger partial charge in [-0.05, 0) is 37.3 Å². The van der Waals surface area contributed by atoms with Crippen LogP contribution in [0.25, 0.3) is 0 Å². The molecule has 1 aliphatic rings. The third-order valence-corrected chi connectivity index (χ3v) is 2.90. The Morgan fingerprint density at radius 3 is 3.00 bits per heavy atom. The van der Waals surface area contributed by atoms with Gasteiger partial charge in [-0.25, -0.2) is 0 Å². The minimum absolute atomic E-state index is 0.347. The number of pyridine rings is 1. The van der Waals surface area contributed by atoms with Gasteiger partial charge in [0.2, 0.25) is 0 Å². The highest BCUT2D eigenvalue weighted by Gasteiger charge is 2.11. The molecule has 80 valence electrons. The molecule has 1 atom stereocenters. The number of aromatic nitrogens is 1. The first-order chi connectivity index (χ1) is 7.25. The average molecular weight is 203 g/mol. The molecule has 2 rings (SSSR count). The topological polar surface area (TPSA) is 64.9 Å². The van der Waals surface area contributed by atoms with Crippen molar-refractivity contribution in [2.45, 2.75) is 31.7 Å². The molecule has 0 bridgehead atoms. The van der Waals surface area contributed by atoms with Crippen LogP contribution in [0.5, 0.6) is 0 Å². The lowest BCUT2D eigenvalue weighted by Crippen LogP contribution is -2.22. The lowest BCUT2D eigenvalue weighted by atomic mass is 9.92. The summed E-state index contributed by atoms with van der Waals surface area (Å²) in [7, 11) is 0. The SMILES string of the molecule is Nc1ccncc1CC1=CCC(N)CC1. The minimum atomic E-state index is 0.347. The van der Waals surface area contributed by atoms with E-state index in [0.717, 1.165) is 36.9 Å². The van der Waals surface area contributed by atoms with Gasteiger partial charge in [0.05, 0.1) is 0 Å². The van der Waals surface area contributed by atoms with Crippen LogP contribution in [0.15, 0.2) is 30.1 Å². The second-order valence-corrected chi connectivity index (χ2v) is 4.15. The summed E-state index contributed by atoms with van der Waals surface area (Å²) in [6, 6.07) is 2.20. The summed E-state index contributed by atoms with van der Waals surface area (Å²) in [5.74, 6) is 0. The van der Waals surface area contributed by atoms with Crippen LogP contribution in [0.3, 0.4) is 0 Å². The third kappa shape index (κ3) is 2.57. The van der Waals surface area contributed by atoms with Crippen molar-refractivity contribution in [1.29, 1.82) is 0 Å². The second-order valence-electron chi connectivity index (χ2n) is 4.15. The Balaban J connectivity index is 2.06. The van der Waals surface area contributed by atoms with E-state index in [1.54, 1.807) is 6.20 Å². The van der Waals surface area contributed by atoms with Crippen LogP contribution in [-0.4, -0.2) is 11.0 Å². The summed E-state index contributed by atoms with van der Waals surface area (Å²) < 4.78 is 0. The van der Waals surface area contributed by atoms with Crippen molar-refractivity contribution < 1.29 is 0 Å². The molecule has 0 amide bonds. The first-order valence-electron chi connectivity index (χ1n) is 5.37. The molecule has 1 aromatic heterocycles. The molecule has 1 aliphatic carbocycles. The molecule has 1 heterocycles. The van der Waals surface area contributed by atoms with Crippen LogP contribution >= 0.6 is 0 Å². The number of nitrogens with zero attached hydrogens (tertiary/aromatic N) is 1. The zero-order valence-corrected chi connectivity index (χ0v) is 8.82. The lowest BCUT2D eigenvalue weighted by Gasteiger charge is -2.18. The number of nitrogens with two attached hydrogens (primary N) is 2. The number of hydrogen-bond donors (Lipinski definition) is 2. The van der Waals surface area contributed by atoms with E-state index in [2.05, 4.69) is 11.1 Å². The van der Waals surface area contributed by atoms with Crippen LogP contribution in [0.4, 0.5) is 5.69 Å². The van der Waals surface area contributed by atoms with Crippen molar-refractivity contribution in [2.75, 3.05) is 5.73 Å². The largest absolute Gasteiger partial charge is 0.398 e. The summed E-state index contributed by atoms with van der Waals surface area (Å²) in [6.07, 6.45) is 9.93. The molecule has 4 N–H and O–H groups in total. The third-order valence-electron chi connectivity index (χ3n) is 2.90. The molecule has 0 saturated heterocycles. The van der Waals surface area contributed by atoms with E-state index in [1.807, 2.05) is 12.3 Å². The Morgan fingerprint density at radius 1 is 1.47 bits per heavy atom. The Bertz CT molecular complexity index is 371. The van der Waals surface area contributed by atoms with Gasteiger partial charge in [-0.1, -0.05) is 11.6 Å². The molecule has 1 unspecified atom stereocenters.